The van der Waals surface area contributed by atoms with E-state index >= 15 is 0 Å². The van der Waals surface area contributed by atoms with E-state index in [4.69, 9.17) is 14.8 Å². The van der Waals surface area contributed by atoms with Gasteiger partial charge in [-0.2, -0.15) is 17.2 Å². The molecule has 0 saturated carbocycles. The minimum atomic E-state index is 0. The Morgan fingerprint density at radius 2 is 1.76 bits per heavy atom. The Bertz CT molecular complexity index is 2070. The third-order valence-corrected chi connectivity index (χ3v) is 9.49. The van der Waals surface area contributed by atoms with Crippen LogP contribution in [0.5, 0.6) is 11.5 Å². The van der Waals surface area contributed by atoms with Crippen LogP contribution in [0.3, 0.4) is 0 Å². The molecule has 5 nitrogen and oxygen atoms in total. The van der Waals surface area contributed by atoms with Gasteiger partial charge in [-0.25, -0.2) is 4.98 Å². The topological polar surface area (TPSA) is 44.9 Å². The number of para-hydroxylation sites is 1. The molecule has 236 valence electrons. The van der Waals surface area contributed by atoms with Gasteiger partial charge in [0.2, 0.25) is 0 Å². The van der Waals surface area contributed by atoms with Crippen molar-refractivity contribution >= 4 is 21.8 Å². The van der Waals surface area contributed by atoms with Crippen molar-refractivity contribution in [1.29, 1.82) is 0 Å². The molecule has 0 aliphatic heterocycles. The third kappa shape index (κ3) is 5.64. The molecule has 6 aromatic rings. The fraction of sp³-hybridized carbons (Fsp3) is 0.300. The maximum absolute atomic E-state index is 6.45. The fourth-order valence-electron chi connectivity index (χ4n) is 7.19. The Hall–Kier alpha value is -3.95. The summed E-state index contributed by atoms with van der Waals surface area (Å²) < 4.78 is 10.7. The van der Waals surface area contributed by atoms with Gasteiger partial charge in [0.15, 0.2) is 0 Å². The molecule has 0 spiro atoms. The third-order valence-electron chi connectivity index (χ3n) is 9.49. The van der Waals surface area contributed by atoms with E-state index in [-0.39, 0.29) is 21.1 Å². The van der Waals surface area contributed by atoms with Crippen molar-refractivity contribution in [1.82, 2.24) is 19.3 Å². The number of ether oxygens (including phenoxy) is 1. The van der Waals surface area contributed by atoms with Crippen molar-refractivity contribution in [2.75, 3.05) is 0 Å². The Morgan fingerprint density at radius 3 is 2.57 bits per heavy atom. The number of allylic oxidation sites excluding steroid dienone is 2. The zero-order chi connectivity index (χ0) is 31.2. The molecule has 6 heteroatoms. The predicted octanol–water partition coefficient (Wildman–Crippen LogP) is 10.3. The van der Waals surface area contributed by atoms with Crippen LogP contribution in [0, 0.1) is 31.9 Å². The summed E-state index contributed by atoms with van der Waals surface area (Å²) >= 11 is 0. The van der Waals surface area contributed by atoms with Crippen LogP contribution >= 0.6 is 0 Å². The van der Waals surface area contributed by atoms with E-state index in [1.54, 1.807) is 0 Å². The molecule has 3 aromatic carbocycles. The molecule has 1 aliphatic carbocycles. The summed E-state index contributed by atoms with van der Waals surface area (Å²) in [6.45, 7) is 13.4. The van der Waals surface area contributed by atoms with E-state index in [9.17, 15) is 0 Å². The Morgan fingerprint density at radius 1 is 0.957 bits per heavy atom. The van der Waals surface area contributed by atoms with E-state index in [0.29, 0.717) is 29.3 Å². The molecule has 3 aromatic heterocycles. The number of benzene rings is 3. The molecule has 0 N–H and O–H groups in total. The van der Waals surface area contributed by atoms with Crippen molar-refractivity contribution in [2.45, 2.75) is 72.6 Å². The van der Waals surface area contributed by atoms with E-state index in [1.165, 1.54) is 35.2 Å². The molecular weight excluding hydrogens is 748 g/mol. The van der Waals surface area contributed by atoms with Crippen LogP contribution in [-0.4, -0.2) is 19.3 Å². The number of hydrogen-bond donors (Lipinski definition) is 0. The average molecular weight is 788 g/mol. The van der Waals surface area contributed by atoms with Crippen molar-refractivity contribution in [2.24, 2.45) is 5.92 Å². The SMILES string of the molecule is CCC1=CCC[C@H](C)C1c1c(C)nn(-c2[c-]c(Oc3[c-]c4c(cc3)c3ccccc3n4-c3cc(C(C)C)ccn3)ccc2)c1C.[Pt+2]. The summed E-state index contributed by atoms with van der Waals surface area (Å²) in [7, 11) is 0. The second-order valence-electron chi connectivity index (χ2n) is 12.7. The largest absolute Gasteiger partial charge is 2.00 e. The van der Waals surface area contributed by atoms with Crippen LogP contribution in [0.4, 0.5) is 0 Å². The summed E-state index contributed by atoms with van der Waals surface area (Å²) in [5.41, 5.74) is 9.30. The van der Waals surface area contributed by atoms with Crippen molar-refractivity contribution in [3.8, 4) is 23.0 Å². The Kier molecular flexibility index (Phi) is 9.08. The molecule has 1 aliphatic rings. The molecule has 0 fully saturated rings. The summed E-state index contributed by atoms with van der Waals surface area (Å²) in [5.74, 6) is 3.55. The molecule has 0 bridgehead atoms. The van der Waals surface area contributed by atoms with Gasteiger partial charge in [0.05, 0.1) is 5.69 Å². The molecule has 1 unspecified atom stereocenters. The normalized spacial score (nSPS) is 16.5. The maximum atomic E-state index is 6.45. The first kappa shape index (κ1) is 32.0. The summed E-state index contributed by atoms with van der Waals surface area (Å²) in [4.78, 5) is 4.77. The van der Waals surface area contributed by atoms with Gasteiger partial charge in [-0.1, -0.05) is 63.1 Å². The second-order valence-corrected chi connectivity index (χ2v) is 12.7. The number of pyridine rings is 1. The van der Waals surface area contributed by atoms with E-state index in [1.807, 2.05) is 29.1 Å². The van der Waals surface area contributed by atoms with Crippen LogP contribution in [0.2, 0.25) is 0 Å². The maximum Gasteiger partial charge on any atom is 2.00 e. The quantitative estimate of drug-likeness (QED) is 0.120. The van der Waals surface area contributed by atoms with Crippen LogP contribution in [0.15, 0.2) is 84.6 Å². The average Bonchev–Trinajstić information content (AvgIpc) is 3.53. The van der Waals surface area contributed by atoms with Crippen LogP contribution < -0.4 is 4.74 Å². The summed E-state index contributed by atoms with van der Waals surface area (Å²) in [6, 6.07) is 29.9. The van der Waals surface area contributed by atoms with Gasteiger partial charge in [0, 0.05) is 40.4 Å². The first-order valence-corrected chi connectivity index (χ1v) is 16.2. The Balaban J connectivity index is 0.00000372. The fourth-order valence-corrected chi connectivity index (χ4v) is 7.19. The minimum Gasteiger partial charge on any atom is -0.509 e. The molecule has 7 rings (SSSR count). The van der Waals surface area contributed by atoms with E-state index in [2.05, 4.69) is 113 Å². The number of nitrogens with zero attached hydrogens (tertiary/aromatic N) is 4. The summed E-state index contributed by atoms with van der Waals surface area (Å²) in [5, 5.41) is 7.29. The zero-order valence-corrected chi connectivity index (χ0v) is 29.6. The number of hydrogen-bond acceptors (Lipinski definition) is 3. The van der Waals surface area contributed by atoms with Crippen LogP contribution in [-0.2, 0) is 21.1 Å². The molecule has 46 heavy (non-hydrogen) atoms. The summed E-state index contributed by atoms with van der Waals surface area (Å²) in [6.07, 6.45) is 7.81. The van der Waals surface area contributed by atoms with Gasteiger partial charge in [-0.3, -0.25) is 4.68 Å². The molecule has 0 saturated heterocycles. The smallest absolute Gasteiger partial charge is 0.509 e. The van der Waals surface area contributed by atoms with Crippen LogP contribution in [0.1, 0.15) is 81.3 Å². The zero-order valence-electron chi connectivity index (χ0n) is 27.4. The number of aryl methyl sites for hydroxylation is 1. The molecule has 0 radical (unpaired) electrons. The van der Waals surface area contributed by atoms with Crippen molar-refractivity contribution in [3.63, 3.8) is 0 Å². The minimum absolute atomic E-state index is 0. The van der Waals surface area contributed by atoms with Gasteiger partial charge in [-0.05, 0) is 79.8 Å². The predicted molar refractivity (Wildman–Crippen MR) is 183 cm³/mol. The van der Waals surface area contributed by atoms with Crippen LogP contribution in [0.25, 0.3) is 33.3 Å². The molecular formula is C40H40N4OPt. The standard InChI is InChI=1S/C40H40N4O.Pt/c1-7-29-13-10-12-26(4)39(29)40-27(5)42-44(28(40)6)31-14-11-15-32(23-31)45-33-18-19-35-34-16-8-9-17-36(34)43(37(35)24-33)38-22-30(25(2)3)20-21-41-38;/h8-9,11,13-22,25-26,39H,7,10,12H2,1-6H3;/q-2;+2/t26-,39?;/m0./s1. The van der Waals surface area contributed by atoms with Gasteiger partial charge in [0.1, 0.15) is 5.82 Å². The van der Waals surface area contributed by atoms with Crippen molar-refractivity contribution in [3.05, 3.63) is 119 Å². The van der Waals surface area contributed by atoms with Gasteiger partial charge in [-0.15, -0.1) is 35.7 Å². The first-order chi connectivity index (χ1) is 21.8. The monoisotopic (exact) mass is 787 g/mol. The van der Waals surface area contributed by atoms with Gasteiger partial charge >= 0.3 is 21.1 Å². The second kappa shape index (κ2) is 13.0. The number of fused-ring (bicyclic) bond motifs is 3. The van der Waals surface area contributed by atoms with Crippen molar-refractivity contribution < 1.29 is 25.8 Å². The Labute approximate surface area is 286 Å². The molecule has 2 atom stereocenters. The molecule has 0 amide bonds. The first-order valence-electron chi connectivity index (χ1n) is 16.2. The van der Waals surface area contributed by atoms with E-state index < -0.39 is 0 Å². The number of aromatic nitrogens is 4. The van der Waals surface area contributed by atoms with Gasteiger partial charge in [0.25, 0.3) is 0 Å². The van der Waals surface area contributed by atoms with E-state index in [0.717, 1.165) is 45.4 Å². The number of rotatable bonds is 7. The van der Waals surface area contributed by atoms with Gasteiger partial charge < -0.3 is 9.30 Å². The molecule has 3 heterocycles.